The fraction of sp³-hybridized carbons (Fsp3) is 0.429. The van der Waals surface area contributed by atoms with E-state index in [1.165, 1.54) is 12.1 Å². The molecule has 0 aliphatic carbocycles. The zero-order chi connectivity index (χ0) is 26.8. The molecule has 2 aromatic heterocycles. The van der Waals surface area contributed by atoms with Gasteiger partial charge in [-0.05, 0) is 59.5 Å². The van der Waals surface area contributed by atoms with Crippen molar-refractivity contribution in [3.8, 4) is 11.5 Å². The van der Waals surface area contributed by atoms with E-state index in [0.717, 1.165) is 36.8 Å². The van der Waals surface area contributed by atoms with Gasteiger partial charge in [-0.1, -0.05) is 19.1 Å². The summed E-state index contributed by atoms with van der Waals surface area (Å²) in [6, 6.07) is 11.8. The Kier molecular flexibility index (Phi) is 7.25. The first-order valence-corrected chi connectivity index (χ1v) is 13.4. The molecule has 2 aliphatic rings. The smallest absolute Gasteiger partial charge is 0.252 e. The van der Waals surface area contributed by atoms with Crippen molar-refractivity contribution < 1.29 is 18.6 Å². The molecule has 1 N–H and O–H groups in total. The minimum Gasteiger partial charge on any atom is -0.486 e. The standard InChI is InChI=1S/C28H31FN6O4/c1-2-24(27-31-32-33-35(27)15-18-5-7-21(29)8-6-18)34(17-22-4-3-9-37-22)16-20-12-19-13-25-26(39-11-10-38-25)14-23(19)30-28(20)36/h5-8,12-14,22,24H,2-4,9-11,15-17H2,1H3,(H,30,36). The third-order valence-electron chi connectivity index (χ3n) is 7.35. The van der Waals surface area contributed by atoms with E-state index in [1.807, 2.05) is 18.2 Å². The van der Waals surface area contributed by atoms with Gasteiger partial charge in [0.15, 0.2) is 17.3 Å². The van der Waals surface area contributed by atoms with Gasteiger partial charge in [0.25, 0.3) is 5.56 Å². The van der Waals surface area contributed by atoms with Crippen molar-refractivity contribution in [1.82, 2.24) is 30.1 Å². The van der Waals surface area contributed by atoms with Gasteiger partial charge < -0.3 is 19.2 Å². The number of halogens is 1. The van der Waals surface area contributed by atoms with Crippen LogP contribution in [-0.4, -0.2) is 62.6 Å². The number of rotatable bonds is 9. The van der Waals surface area contributed by atoms with Crippen LogP contribution in [0.3, 0.4) is 0 Å². The van der Waals surface area contributed by atoms with Crippen LogP contribution in [0, 0.1) is 5.82 Å². The normalized spacial score (nSPS) is 17.7. The van der Waals surface area contributed by atoms with Crippen LogP contribution in [0.2, 0.25) is 0 Å². The molecule has 1 saturated heterocycles. The Hall–Kier alpha value is -3.83. The number of aromatic nitrogens is 5. The number of tetrazole rings is 1. The van der Waals surface area contributed by atoms with Gasteiger partial charge in [-0.3, -0.25) is 9.69 Å². The average molecular weight is 535 g/mol. The Labute approximate surface area is 224 Å². The molecule has 0 radical (unpaired) electrons. The summed E-state index contributed by atoms with van der Waals surface area (Å²) in [5.74, 6) is 1.72. The largest absolute Gasteiger partial charge is 0.486 e. The van der Waals surface area contributed by atoms with Crippen molar-refractivity contribution in [2.75, 3.05) is 26.4 Å². The topological polar surface area (TPSA) is 107 Å². The number of nitrogens with zero attached hydrogens (tertiary/aromatic N) is 5. The van der Waals surface area contributed by atoms with E-state index in [0.29, 0.717) is 61.3 Å². The molecule has 0 spiro atoms. The van der Waals surface area contributed by atoms with Gasteiger partial charge in [-0.2, -0.15) is 0 Å². The summed E-state index contributed by atoms with van der Waals surface area (Å²) < 4.78 is 32.6. The second-order valence-corrected chi connectivity index (χ2v) is 10.0. The Bertz CT molecular complexity index is 1500. The average Bonchev–Trinajstić information content (AvgIpc) is 3.62. The van der Waals surface area contributed by atoms with Gasteiger partial charge >= 0.3 is 0 Å². The number of aromatic amines is 1. The molecular weight excluding hydrogens is 503 g/mol. The quantitative estimate of drug-likeness (QED) is 0.347. The Morgan fingerprint density at radius 2 is 1.92 bits per heavy atom. The lowest BCUT2D eigenvalue weighted by molar-refractivity contribution is 0.0489. The molecule has 2 unspecified atom stereocenters. The summed E-state index contributed by atoms with van der Waals surface area (Å²) in [7, 11) is 0. The summed E-state index contributed by atoms with van der Waals surface area (Å²) >= 11 is 0. The highest BCUT2D eigenvalue weighted by Crippen LogP contribution is 2.34. The number of ether oxygens (including phenoxy) is 3. The van der Waals surface area contributed by atoms with Crippen LogP contribution >= 0.6 is 0 Å². The summed E-state index contributed by atoms with van der Waals surface area (Å²) in [6.45, 7) is 5.24. The molecule has 6 rings (SSSR count). The van der Waals surface area contributed by atoms with Gasteiger partial charge in [0.2, 0.25) is 0 Å². The monoisotopic (exact) mass is 534 g/mol. The van der Waals surface area contributed by atoms with E-state index in [2.05, 4.69) is 32.3 Å². The van der Waals surface area contributed by atoms with E-state index in [9.17, 15) is 9.18 Å². The second-order valence-electron chi connectivity index (χ2n) is 10.0. The molecule has 2 aliphatic heterocycles. The first-order valence-electron chi connectivity index (χ1n) is 13.4. The van der Waals surface area contributed by atoms with Gasteiger partial charge in [0.05, 0.1) is 24.2 Å². The first-order chi connectivity index (χ1) is 19.1. The SMILES string of the molecule is CCC(c1nnnn1Cc1ccc(F)cc1)N(Cc1cc2cc3c(cc2[nH]c1=O)OCCO3)CC1CCCO1. The van der Waals surface area contributed by atoms with Crippen LogP contribution in [0.1, 0.15) is 49.2 Å². The van der Waals surface area contributed by atoms with E-state index in [4.69, 9.17) is 14.2 Å². The van der Waals surface area contributed by atoms with Crippen molar-refractivity contribution in [2.24, 2.45) is 0 Å². The fourth-order valence-electron chi connectivity index (χ4n) is 5.41. The highest BCUT2D eigenvalue weighted by atomic mass is 19.1. The number of hydrogen-bond acceptors (Lipinski definition) is 8. The number of hydrogen-bond donors (Lipinski definition) is 1. The van der Waals surface area contributed by atoms with E-state index >= 15 is 0 Å². The number of benzene rings is 2. The summed E-state index contributed by atoms with van der Waals surface area (Å²) in [5.41, 5.74) is 2.07. The zero-order valence-electron chi connectivity index (χ0n) is 21.8. The maximum absolute atomic E-state index is 13.4. The highest BCUT2D eigenvalue weighted by Gasteiger charge is 2.29. The van der Waals surface area contributed by atoms with E-state index < -0.39 is 0 Å². The van der Waals surface area contributed by atoms with Crippen molar-refractivity contribution in [3.63, 3.8) is 0 Å². The van der Waals surface area contributed by atoms with Crippen LogP contribution < -0.4 is 15.0 Å². The van der Waals surface area contributed by atoms with Crippen molar-refractivity contribution in [1.29, 1.82) is 0 Å². The molecule has 2 atom stereocenters. The van der Waals surface area contributed by atoms with E-state index in [1.54, 1.807) is 16.8 Å². The van der Waals surface area contributed by atoms with Gasteiger partial charge in [0, 0.05) is 36.7 Å². The lowest BCUT2D eigenvalue weighted by atomic mass is 10.1. The molecule has 2 aromatic carbocycles. The minimum atomic E-state index is -0.287. The molecule has 11 heteroatoms. The predicted octanol–water partition coefficient (Wildman–Crippen LogP) is 3.61. The number of H-pyrrole nitrogens is 1. The van der Waals surface area contributed by atoms with Crippen molar-refractivity contribution in [2.45, 2.75) is 51.4 Å². The molecule has 0 saturated carbocycles. The molecule has 39 heavy (non-hydrogen) atoms. The highest BCUT2D eigenvalue weighted by molar-refractivity contribution is 5.83. The Morgan fingerprint density at radius 1 is 1.13 bits per heavy atom. The summed E-state index contributed by atoms with van der Waals surface area (Å²) in [6.07, 6.45) is 2.77. The molecule has 0 bridgehead atoms. The van der Waals surface area contributed by atoms with Crippen LogP contribution in [0.25, 0.3) is 10.9 Å². The number of pyridine rings is 1. The molecule has 1 fully saturated rings. The molecule has 0 amide bonds. The fourth-order valence-corrected chi connectivity index (χ4v) is 5.41. The number of nitrogens with one attached hydrogen (secondary N) is 1. The third-order valence-corrected chi connectivity index (χ3v) is 7.35. The lowest BCUT2D eigenvalue weighted by Crippen LogP contribution is -2.37. The minimum absolute atomic E-state index is 0.0672. The molecule has 4 heterocycles. The molecular formula is C28H31FN6O4. The third kappa shape index (κ3) is 5.50. The van der Waals surface area contributed by atoms with Crippen LogP contribution in [0.4, 0.5) is 4.39 Å². The Balaban J connectivity index is 1.32. The maximum Gasteiger partial charge on any atom is 0.252 e. The van der Waals surface area contributed by atoms with Crippen LogP contribution in [0.5, 0.6) is 11.5 Å². The zero-order valence-corrected chi connectivity index (χ0v) is 21.8. The Morgan fingerprint density at radius 3 is 2.67 bits per heavy atom. The van der Waals surface area contributed by atoms with Crippen molar-refractivity contribution >= 4 is 10.9 Å². The van der Waals surface area contributed by atoms with Crippen molar-refractivity contribution in [3.05, 3.63) is 75.6 Å². The molecule has 10 nitrogen and oxygen atoms in total. The van der Waals surface area contributed by atoms with E-state index in [-0.39, 0.29) is 23.5 Å². The predicted molar refractivity (Wildman–Crippen MR) is 141 cm³/mol. The summed E-state index contributed by atoms with van der Waals surface area (Å²) in [4.78, 5) is 18.5. The van der Waals surface area contributed by atoms with Gasteiger partial charge in [0.1, 0.15) is 19.0 Å². The first kappa shape index (κ1) is 25.4. The molecule has 4 aromatic rings. The number of fused-ring (bicyclic) bond motifs is 2. The van der Waals surface area contributed by atoms with Gasteiger partial charge in [-0.25, -0.2) is 9.07 Å². The second kappa shape index (κ2) is 11.1. The van der Waals surface area contributed by atoms with Crippen LogP contribution in [0.15, 0.2) is 47.3 Å². The van der Waals surface area contributed by atoms with Gasteiger partial charge in [-0.15, -0.1) is 5.10 Å². The molecule has 204 valence electrons. The summed E-state index contributed by atoms with van der Waals surface area (Å²) in [5, 5.41) is 13.5. The lowest BCUT2D eigenvalue weighted by Gasteiger charge is -2.32. The van der Waals surface area contributed by atoms with Crippen LogP contribution in [-0.2, 0) is 17.8 Å². The maximum atomic E-state index is 13.4.